The first-order valence-electron chi connectivity index (χ1n) is 4.42. The molecule has 1 amide bonds. The zero-order valence-electron chi connectivity index (χ0n) is 8.20. The smallest absolute Gasteiger partial charge is 0.258 e. The van der Waals surface area contributed by atoms with Gasteiger partial charge in [0.05, 0.1) is 0 Å². The molecule has 0 aromatic rings. The average Bonchev–Trinajstić information content (AvgIpc) is 2.04. The van der Waals surface area contributed by atoms with E-state index in [0.29, 0.717) is 6.54 Å². The van der Waals surface area contributed by atoms with E-state index in [4.69, 9.17) is 0 Å². The van der Waals surface area contributed by atoms with E-state index < -0.39 is 14.8 Å². The molecule has 0 spiro atoms. The van der Waals surface area contributed by atoms with Crippen LogP contribution in [-0.2, 0) is 14.8 Å². The van der Waals surface area contributed by atoms with Crippen LogP contribution in [0.1, 0.15) is 33.6 Å². The summed E-state index contributed by atoms with van der Waals surface area (Å²) in [5.74, 6) is -0.277. The normalized spacial score (nSPS) is 24.2. The highest BCUT2D eigenvalue weighted by molar-refractivity contribution is 7.94. The van der Waals surface area contributed by atoms with Gasteiger partial charge in [-0.2, -0.15) is 0 Å². The highest BCUT2D eigenvalue weighted by atomic mass is 32.2. The number of carbonyl (C=O) groups is 1. The van der Waals surface area contributed by atoms with Gasteiger partial charge < -0.3 is 0 Å². The Labute approximate surface area is 79.0 Å². The summed E-state index contributed by atoms with van der Waals surface area (Å²) in [6.45, 7) is 5.20. The molecule has 0 saturated carbocycles. The van der Waals surface area contributed by atoms with Gasteiger partial charge in [0.25, 0.3) is 15.9 Å². The fraction of sp³-hybridized carbons (Fsp3) is 0.875. The number of carbonyl (C=O) groups excluding carboxylic acids is 1. The Morgan fingerprint density at radius 1 is 1.38 bits per heavy atom. The van der Waals surface area contributed by atoms with Gasteiger partial charge in [-0.15, -0.1) is 0 Å². The topological polar surface area (TPSA) is 54.5 Å². The van der Waals surface area contributed by atoms with Crippen molar-refractivity contribution in [3.8, 4) is 0 Å². The highest BCUT2D eigenvalue weighted by Crippen LogP contribution is 2.34. The van der Waals surface area contributed by atoms with Crippen LogP contribution in [0.5, 0.6) is 0 Å². The van der Waals surface area contributed by atoms with Gasteiger partial charge in [0, 0.05) is 6.54 Å². The second-order valence-electron chi connectivity index (χ2n) is 3.75. The predicted molar refractivity (Wildman–Crippen MR) is 49.6 cm³/mol. The number of rotatable bonds is 3. The zero-order chi connectivity index (χ0) is 10.3. The molecule has 0 unspecified atom stereocenters. The molecule has 1 aliphatic rings. The zero-order valence-corrected chi connectivity index (χ0v) is 9.02. The Balaban J connectivity index is 2.78. The lowest BCUT2D eigenvalue weighted by atomic mass is 10.2. The van der Waals surface area contributed by atoms with Crippen molar-refractivity contribution in [2.45, 2.75) is 38.4 Å². The molecule has 0 aliphatic carbocycles. The Kier molecular flexibility index (Phi) is 2.40. The molecule has 76 valence electrons. The molecule has 13 heavy (non-hydrogen) atoms. The van der Waals surface area contributed by atoms with Crippen molar-refractivity contribution in [1.29, 1.82) is 0 Å². The van der Waals surface area contributed by atoms with E-state index in [0.717, 1.165) is 17.1 Å². The lowest BCUT2D eigenvalue weighted by Crippen LogP contribution is -2.67. The van der Waals surface area contributed by atoms with Gasteiger partial charge in [-0.1, -0.05) is 13.3 Å². The molecule has 0 radical (unpaired) electrons. The molecule has 0 aromatic heterocycles. The molecular weight excluding hydrogens is 190 g/mol. The Bertz CT molecular complexity index is 318. The van der Waals surface area contributed by atoms with E-state index in [-0.39, 0.29) is 5.91 Å². The number of sulfonamides is 1. The number of hydrogen-bond donors (Lipinski definition) is 0. The molecular formula is C8H15NO3S. The number of amides is 1. The molecule has 5 heteroatoms. The molecule has 1 rings (SSSR count). The van der Waals surface area contributed by atoms with Gasteiger partial charge in [-0.25, -0.2) is 12.7 Å². The second-order valence-corrected chi connectivity index (χ2v) is 6.16. The number of hydrogen-bond acceptors (Lipinski definition) is 3. The molecule has 0 bridgehead atoms. The van der Waals surface area contributed by atoms with Crippen LogP contribution >= 0.6 is 0 Å². The van der Waals surface area contributed by atoms with E-state index in [9.17, 15) is 13.2 Å². The van der Waals surface area contributed by atoms with Gasteiger partial charge in [0.2, 0.25) is 0 Å². The molecule has 1 fully saturated rings. The second kappa shape index (κ2) is 2.97. The van der Waals surface area contributed by atoms with Crippen LogP contribution in [0.25, 0.3) is 0 Å². The van der Waals surface area contributed by atoms with Gasteiger partial charge >= 0.3 is 0 Å². The summed E-state index contributed by atoms with van der Waals surface area (Å²) < 4.78 is 22.8. The largest absolute Gasteiger partial charge is 0.272 e. The van der Waals surface area contributed by atoms with Crippen LogP contribution < -0.4 is 0 Å². The van der Waals surface area contributed by atoms with E-state index in [1.165, 1.54) is 13.8 Å². The maximum Gasteiger partial charge on any atom is 0.258 e. The summed E-state index contributed by atoms with van der Waals surface area (Å²) in [6.07, 6.45) is 1.63. The molecule has 1 aliphatic heterocycles. The maximum atomic E-state index is 11.5. The van der Waals surface area contributed by atoms with Crippen molar-refractivity contribution in [3.63, 3.8) is 0 Å². The Hall–Kier alpha value is -0.580. The van der Waals surface area contributed by atoms with Crippen LogP contribution in [0.3, 0.4) is 0 Å². The van der Waals surface area contributed by atoms with Crippen molar-refractivity contribution in [2.24, 2.45) is 0 Å². The Morgan fingerprint density at radius 3 is 2.31 bits per heavy atom. The van der Waals surface area contributed by atoms with E-state index in [1.54, 1.807) is 0 Å². The monoisotopic (exact) mass is 205 g/mol. The number of unbranched alkanes of at least 4 members (excludes halogenated alkanes) is 1. The van der Waals surface area contributed by atoms with Crippen molar-refractivity contribution in [3.05, 3.63) is 0 Å². The molecule has 1 heterocycles. The first kappa shape index (κ1) is 10.5. The standard InChI is InChI=1S/C8H15NO3S/c1-4-5-6-9-7(10)8(2,3)13(9,11)12/h4-6H2,1-3H3. The van der Waals surface area contributed by atoms with Crippen LogP contribution in [0.15, 0.2) is 0 Å². The summed E-state index contributed by atoms with van der Waals surface area (Å²) >= 11 is 0. The third-order valence-electron chi connectivity index (χ3n) is 2.39. The van der Waals surface area contributed by atoms with Gasteiger partial charge in [0.1, 0.15) is 0 Å². The van der Waals surface area contributed by atoms with Crippen LogP contribution in [0, 0.1) is 0 Å². The highest BCUT2D eigenvalue weighted by Gasteiger charge is 2.59. The molecule has 0 aromatic carbocycles. The lowest BCUT2D eigenvalue weighted by molar-refractivity contribution is -0.132. The van der Waals surface area contributed by atoms with Gasteiger partial charge in [0.15, 0.2) is 4.75 Å². The Morgan fingerprint density at radius 2 is 1.92 bits per heavy atom. The number of nitrogens with zero attached hydrogens (tertiary/aromatic N) is 1. The minimum absolute atomic E-state index is 0.277. The van der Waals surface area contributed by atoms with Crippen LogP contribution in [0.2, 0.25) is 0 Å². The van der Waals surface area contributed by atoms with Gasteiger partial charge in [-0.3, -0.25) is 4.79 Å². The van der Waals surface area contributed by atoms with Crippen molar-refractivity contribution in [2.75, 3.05) is 6.54 Å². The molecule has 0 N–H and O–H groups in total. The summed E-state index contributed by atoms with van der Waals surface area (Å²) in [4.78, 5) is 11.4. The summed E-state index contributed by atoms with van der Waals surface area (Å²) in [7, 11) is -3.34. The van der Waals surface area contributed by atoms with Crippen molar-refractivity contribution >= 4 is 15.9 Å². The van der Waals surface area contributed by atoms with Crippen LogP contribution in [0.4, 0.5) is 0 Å². The predicted octanol–water partition coefficient (Wildman–Crippen LogP) is 0.737. The summed E-state index contributed by atoms with van der Waals surface area (Å²) in [6, 6.07) is 0. The summed E-state index contributed by atoms with van der Waals surface area (Å²) in [5, 5.41) is 0. The lowest BCUT2D eigenvalue weighted by Gasteiger charge is -2.43. The van der Waals surface area contributed by atoms with E-state index >= 15 is 0 Å². The minimum Gasteiger partial charge on any atom is -0.272 e. The quantitative estimate of drug-likeness (QED) is 0.682. The molecule has 0 atom stereocenters. The third-order valence-corrected chi connectivity index (χ3v) is 4.78. The van der Waals surface area contributed by atoms with E-state index in [2.05, 4.69) is 0 Å². The first-order valence-corrected chi connectivity index (χ1v) is 5.86. The van der Waals surface area contributed by atoms with Crippen molar-refractivity contribution < 1.29 is 13.2 Å². The van der Waals surface area contributed by atoms with Crippen molar-refractivity contribution in [1.82, 2.24) is 4.31 Å². The van der Waals surface area contributed by atoms with E-state index in [1.807, 2.05) is 6.92 Å². The average molecular weight is 205 g/mol. The van der Waals surface area contributed by atoms with Gasteiger partial charge in [-0.05, 0) is 20.3 Å². The fourth-order valence-corrected chi connectivity index (χ4v) is 2.85. The first-order chi connectivity index (χ1) is 5.85. The molecule has 1 saturated heterocycles. The SMILES string of the molecule is CCCCN1C(=O)C(C)(C)S1(=O)=O. The fourth-order valence-electron chi connectivity index (χ4n) is 1.28. The maximum absolute atomic E-state index is 11.5. The molecule has 4 nitrogen and oxygen atoms in total. The van der Waals surface area contributed by atoms with Crippen LogP contribution in [-0.4, -0.2) is 29.9 Å². The third kappa shape index (κ3) is 1.25. The minimum atomic E-state index is -3.34. The summed E-state index contributed by atoms with van der Waals surface area (Å²) in [5.41, 5.74) is 0.